The second-order valence-corrected chi connectivity index (χ2v) is 4.94. The number of benzene rings is 1. The zero-order chi connectivity index (χ0) is 14.5. The van der Waals surface area contributed by atoms with Crippen molar-refractivity contribution in [1.29, 1.82) is 0 Å². The highest BCUT2D eigenvalue weighted by Crippen LogP contribution is 2.10. The van der Waals surface area contributed by atoms with Crippen molar-refractivity contribution in [2.75, 3.05) is 0 Å². The molecule has 0 aliphatic heterocycles. The Morgan fingerprint density at radius 3 is 3.05 bits per heavy atom. The number of imidazole rings is 1. The van der Waals surface area contributed by atoms with Crippen LogP contribution in [0.3, 0.4) is 0 Å². The van der Waals surface area contributed by atoms with Gasteiger partial charge in [0.2, 0.25) is 0 Å². The molecule has 2 rings (SSSR count). The van der Waals surface area contributed by atoms with E-state index in [0.717, 1.165) is 16.4 Å². The predicted molar refractivity (Wildman–Crippen MR) is 82.0 cm³/mol. The maximum Gasteiger partial charge on any atom is 0.251 e. The fraction of sp³-hybridized carbons (Fsp3) is 0.200. The second-order valence-electron chi connectivity index (χ2n) is 4.48. The Labute approximate surface area is 123 Å². The Hall–Kier alpha value is -2.01. The van der Waals surface area contributed by atoms with Crippen molar-refractivity contribution in [3.63, 3.8) is 0 Å². The zero-order valence-electron chi connectivity index (χ0n) is 11.3. The number of hydrogen-bond donors (Lipinski definition) is 2. The minimum Gasteiger partial charge on any atom is -0.345 e. The van der Waals surface area contributed by atoms with E-state index in [1.807, 2.05) is 29.7 Å². The van der Waals surface area contributed by atoms with E-state index in [1.165, 1.54) is 0 Å². The number of rotatable bonds is 5. The van der Waals surface area contributed by atoms with Gasteiger partial charge in [0, 0.05) is 12.1 Å². The normalized spacial score (nSPS) is 10.3. The summed E-state index contributed by atoms with van der Waals surface area (Å²) in [6.07, 6.45) is 3.44. The van der Waals surface area contributed by atoms with Crippen molar-refractivity contribution in [1.82, 2.24) is 14.9 Å². The molecule has 1 aromatic heterocycles. The number of nitrogens with zero attached hydrogens (tertiary/aromatic N) is 2. The lowest BCUT2D eigenvalue weighted by Gasteiger charge is -2.08. The average molecular weight is 287 g/mol. The number of amides is 1. The van der Waals surface area contributed by atoms with Gasteiger partial charge in [-0.05, 0) is 19.1 Å². The number of hydrogen-bond acceptors (Lipinski definition) is 3. The molecule has 1 N–H and O–H groups in total. The molecule has 104 valence electrons. The van der Waals surface area contributed by atoms with Crippen molar-refractivity contribution >= 4 is 18.5 Å². The monoisotopic (exact) mass is 287 g/mol. The molecule has 0 unspecified atom stereocenters. The molecular formula is C15H17N3OS. The molecule has 1 amide bonds. The molecular weight excluding hydrogens is 270 g/mol. The highest BCUT2D eigenvalue weighted by molar-refractivity contribution is 7.80. The lowest BCUT2D eigenvalue weighted by atomic mass is 10.1. The number of aromatic nitrogens is 2. The molecule has 0 radical (unpaired) electrons. The fourth-order valence-corrected chi connectivity index (χ4v) is 2.18. The van der Waals surface area contributed by atoms with E-state index in [1.54, 1.807) is 18.3 Å². The fourth-order valence-electron chi connectivity index (χ4n) is 1.92. The topological polar surface area (TPSA) is 46.9 Å². The van der Waals surface area contributed by atoms with Crippen molar-refractivity contribution < 1.29 is 4.79 Å². The molecule has 2 aromatic rings. The highest BCUT2D eigenvalue weighted by atomic mass is 32.1. The molecule has 20 heavy (non-hydrogen) atoms. The Kier molecular flexibility index (Phi) is 4.63. The van der Waals surface area contributed by atoms with Crippen LogP contribution in [0, 0.1) is 6.92 Å². The van der Waals surface area contributed by atoms with Gasteiger partial charge in [-0.15, -0.1) is 19.2 Å². The van der Waals surface area contributed by atoms with E-state index in [9.17, 15) is 4.79 Å². The second kappa shape index (κ2) is 6.43. The Morgan fingerprint density at radius 2 is 2.35 bits per heavy atom. The van der Waals surface area contributed by atoms with E-state index in [2.05, 4.69) is 29.5 Å². The Bertz CT molecular complexity index is 634. The van der Waals surface area contributed by atoms with Crippen LogP contribution in [0.5, 0.6) is 0 Å². The van der Waals surface area contributed by atoms with E-state index in [4.69, 9.17) is 0 Å². The molecule has 0 spiro atoms. The number of carbonyl (C=O) groups excluding carboxylic acids is 1. The summed E-state index contributed by atoms with van der Waals surface area (Å²) < 4.78 is 1.90. The van der Waals surface area contributed by atoms with Gasteiger partial charge in [-0.3, -0.25) is 4.79 Å². The first-order chi connectivity index (χ1) is 9.61. The standard InChI is InChI=1S/C15H17N3OS/c1-3-7-18-13(16-10-14(18)20)9-17-15(19)12-6-4-5-11(2)8-12/h3-6,8,10,20H,1,7,9H2,2H3,(H,17,19). The number of aryl methyl sites for hydroxylation is 1. The van der Waals surface area contributed by atoms with Crippen LogP contribution in [-0.4, -0.2) is 15.5 Å². The largest absolute Gasteiger partial charge is 0.345 e. The summed E-state index contributed by atoms with van der Waals surface area (Å²) in [6, 6.07) is 7.48. The van der Waals surface area contributed by atoms with Crippen LogP contribution in [0.1, 0.15) is 21.7 Å². The van der Waals surface area contributed by atoms with Gasteiger partial charge in [0.05, 0.1) is 17.8 Å². The van der Waals surface area contributed by atoms with Gasteiger partial charge in [0.25, 0.3) is 5.91 Å². The minimum atomic E-state index is -0.109. The van der Waals surface area contributed by atoms with Crippen molar-refractivity contribution in [2.45, 2.75) is 25.0 Å². The minimum absolute atomic E-state index is 0.109. The summed E-state index contributed by atoms with van der Waals surface area (Å²) in [5.41, 5.74) is 1.71. The van der Waals surface area contributed by atoms with E-state index < -0.39 is 0 Å². The third-order valence-electron chi connectivity index (χ3n) is 2.92. The average Bonchev–Trinajstić information content (AvgIpc) is 2.78. The van der Waals surface area contributed by atoms with Gasteiger partial charge in [-0.25, -0.2) is 4.98 Å². The van der Waals surface area contributed by atoms with Gasteiger partial charge >= 0.3 is 0 Å². The molecule has 4 nitrogen and oxygen atoms in total. The van der Waals surface area contributed by atoms with Gasteiger partial charge < -0.3 is 9.88 Å². The number of thiol groups is 1. The maximum atomic E-state index is 12.1. The Morgan fingerprint density at radius 1 is 1.55 bits per heavy atom. The zero-order valence-corrected chi connectivity index (χ0v) is 12.2. The maximum absolute atomic E-state index is 12.1. The SMILES string of the molecule is C=CCn1c(S)cnc1CNC(=O)c1cccc(C)c1. The third-order valence-corrected chi connectivity index (χ3v) is 3.27. The predicted octanol–water partition coefficient (Wildman–Crippen LogP) is 2.60. The summed E-state index contributed by atoms with van der Waals surface area (Å²) in [5, 5.41) is 3.62. The van der Waals surface area contributed by atoms with Crippen molar-refractivity contribution in [3.8, 4) is 0 Å². The quantitative estimate of drug-likeness (QED) is 0.656. The van der Waals surface area contributed by atoms with Crippen molar-refractivity contribution in [2.24, 2.45) is 0 Å². The Balaban J connectivity index is 2.05. The van der Waals surface area contributed by atoms with Crippen LogP contribution >= 0.6 is 12.6 Å². The number of carbonyl (C=O) groups is 1. The van der Waals surface area contributed by atoms with Crippen LogP contribution in [0.25, 0.3) is 0 Å². The molecule has 1 aromatic carbocycles. The van der Waals surface area contributed by atoms with Gasteiger partial charge in [0.15, 0.2) is 0 Å². The van der Waals surface area contributed by atoms with Crippen LogP contribution in [0.2, 0.25) is 0 Å². The first-order valence-corrected chi connectivity index (χ1v) is 6.75. The van der Waals surface area contributed by atoms with Crippen LogP contribution in [0.4, 0.5) is 0 Å². The van der Waals surface area contributed by atoms with E-state index >= 15 is 0 Å². The van der Waals surface area contributed by atoms with Crippen molar-refractivity contribution in [3.05, 3.63) is 60.1 Å². The molecule has 0 aliphatic rings. The summed E-state index contributed by atoms with van der Waals surface area (Å²) >= 11 is 4.32. The van der Waals surface area contributed by atoms with E-state index in [-0.39, 0.29) is 5.91 Å². The van der Waals surface area contributed by atoms with Crippen LogP contribution in [-0.2, 0) is 13.1 Å². The summed E-state index contributed by atoms with van der Waals surface area (Å²) in [5.74, 6) is 0.651. The summed E-state index contributed by atoms with van der Waals surface area (Å²) in [7, 11) is 0. The molecule has 0 saturated heterocycles. The third kappa shape index (κ3) is 3.30. The van der Waals surface area contributed by atoms with Crippen LogP contribution < -0.4 is 5.32 Å². The number of allylic oxidation sites excluding steroid dienone is 1. The smallest absolute Gasteiger partial charge is 0.251 e. The molecule has 0 fully saturated rings. The van der Waals surface area contributed by atoms with Gasteiger partial charge in [0.1, 0.15) is 5.82 Å². The highest BCUT2D eigenvalue weighted by Gasteiger charge is 2.09. The van der Waals surface area contributed by atoms with Gasteiger partial charge in [-0.2, -0.15) is 0 Å². The lowest BCUT2D eigenvalue weighted by Crippen LogP contribution is -2.24. The molecule has 5 heteroatoms. The lowest BCUT2D eigenvalue weighted by molar-refractivity contribution is 0.0949. The molecule has 1 heterocycles. The van der Waals surface area contributed by atoms with E-state index in [0.29, 0.717) is 18.7 Å². The molecule has 0 atom stereocenters. The van der Waals surface area contributed by atoms with Crippen LogP contribution in [0.15, 0.2) is 48.1 Å². The first-order valence-electron chi connectivity index (χ1n) is 6.31. The first kappa shape index (κ1) is 14.4. The molecule has 0 bridgehead atoms. The van der Waals surface area contributed by atoms with Gasteiger partial charge in [-0.1, -0.05) is 23.8 Å². The summed E-state index contributed by atoms with van der Waals surface area (Å²) in [6.45, 7) is 6.64. The molecule has 0 aliphatic carbocycles. The molecule has 0 saturated carbocycles. The number of nitrogens with one attached hydrogen (secondary N) is 1. The summed E-state index contributed by atoms with van der Waals surface area (Å²) in [4.78, 5) is 16.3.